The summed E-state index contributed by atoms with van der Waals surface area (Å²) in [5, 5.41) is 30.4. The summed E-state index contributed by atoms with van der Waals surface area (Å²) in [6, 6.07) is 4.03. The molecule has 248 valence electrons. The quantitative estimate of drug-likeness (QED) is 0.150. The lowest BCUT2D eigenvalue weighted by Gasteiger charge is -2.25. The number of aryl methyl sites for hydroxylation is 2. The summed E-state index contributed by atoms with van der Waals surface area (Å²) in [6.07, 6.45) is 3.75. The molecule has 5 N–H and O–H groups in total. The van der Waals surface area contributed by atoms with Crippen LogP contribution in [0.15, 0.2) is 35.1 Å². The number of benzene rings is 2. The molecule has 0 saturated carbocycles. The largest absolute Gasteiger partial charge is 0.481 e. The number of H-pyrrole nitrogens is 1. The van der Waals surface area contributed by atoms with Crippen molar-refractivity contribution in [2.45, 2.75) is 58.2 Å². The van der Waals surface area contributed by atoms with Crippen LogP contribution in [0.5, 0.6) is 0 Å². The zero-order valence-corrected chi connectivity index (χ0v) is 25.9. The van der Waals surface area contributed by atoms with Crippen LogP contribution >= 0.6 is 0 Å². The molecule has 47 heavy (non-hydrogen) atoms. The minimum absolute atomic E-state index is 0.0492. The number of terminal acetylenes is 1. The Balaban J connectivity index is 1.74. The number of rotatable bonds is 15. The third-order valence-electron chi connectivity index (χ3n) is 7.52. The molecule has 1 aromatic heterocycles. The lowest BCUT2D eigenvalue weighted by atomic mass is 10.0. The molecule has 0 aliphatic heterocycles. The second kappa shape index (κ2) is 15.5. The van der Waals surface area contributed by atoms with Gasteiger partial charge in [0.25, 0.3) is 11.5 Å². The smallest absolute Gasteiger partial charge is 0.326 e. The van der Waals surface area contributed by atoms with Gasteiger partial charge in [-0.05, 0) is 68.1 Å². The van der Waals surface area contributed by atoms with Crippen LogP contribution in [0.2, 0.25) is 0 Å². The number of hydrogen-bond acceptors (Lipinski definition) is 8. The fourth-order valence-electron chi connectivity index (χ4n) is 4.92. The first-order valence-corrected chi connectivity index (χ1v) is 14.3. The number of aromatic amines is 1. The maximum atomic E-state index is 15.3. The molecule has 0 bridgehead atoms. The van der Waals surface area contributed by atoms with Crippen LogP contribution in [-0.2, 0) is 25.7 Å². The Morgan fingerprint density at radius 2 is 1.74 bits per heavy atom. The molecule has 2 aromatic carbocycles. The number of carboxylic acids is 3. The summed E-state index contributed by atoms with van der Waals surface area (Å²) in [4.78, 5) is 81.6. The van der Waals surface area contributed by atoms with Crippen molar-refractivity contribution in [1.29, 1.82) is 0 Å². The van der Waals surface area contributed by atoms with Crippen molar-refractivity contribution in [3.05, 3.63) is 69.0 Å². The summed E-state index contributed by atoms with van der Waals surface area (Å²) < 4.78 is 15.3. The van der Waals surface area contributed by atoms with Gasteiger partial charge in [0.1, 0.15) is 23.7 Å². The van der Waals surface area contributed by atoms with Crippen LogP contribution in [0, 0.1) is 32.0 Å². The van der Waals surface area contributed by atoms with Gasteiger partial charge < -0.3 is 35.4 Å². The first-order chi connectivity index (χ1) is 22.1. The van der Waals surface area contributed by atoms with Gasteiger partial charge in [0.05, 0.1) is 23.0 Å². The van der Waals surface area contributed by atoms with Crippen LogP contribution in [0.4, 0.5) is 10.1 Å². The molecule has 15 heteroatoms. The number of nitrogens with one attached hydrogen (secondary N) is 2. The number of hydrogen-bond donors (Lipinski definition) is 5. The van der Waals surface area contributed by atoms with Crippen LogP contribution in [0.3, 0.4) is 0 Å². The summed E-state index contributed by atoms with van der Waals surface area (Å²) in [7, 11) is 1.15. The molecule has 0 aliphatic rings. The monoisotopic (exact) mass is 651 g/mol. The average Bonchev–Trinajstić information content (AvgIpc) is 2.98. The molecule has 0 radical (unpaired) electrons. The minimum Gasteiger partial charge on any atom is -0.481 e. The zero-order valence-electron chi connectivity index (χ0n) is 25.9. The van der Waals surface area contributed by atoms with Gasteiger partial charge in [0.2, 0.25) is 5.91 Å². The van der Waals surface area contributed by atoms with Gasteiger partial charge in [-0.1, -0.05) is 5.92 Å². The second-order valence-electron chi connectivity index (χ2n) is 10.9. The topological polar surface area (TPSA) is 210 Å². The second-order valence-corrected chi connectivity index (χ2v) is 10.9. The number of fused-ring (bicyclic) bond motifs is 1. The Morgan fingerprint density at radius 1 is 1.04 bits per heavy atom. The molecule has 0 spiro atoms. The Labute approximate surface area is 268 Å². The molecule has 2 amide bonds. The summed E-state index contributed by atoms with van der Waals surface area (Å²) in [5.41, 5.74) is 1.60. The first-order valence-electron chi connectivity index (χ1n) is 14.3. The van der Waals surface area contributed by atoms with Crippen molar-refractivity contribution in [2.24, 2.45) is 0 Å². The van der Waals surface area contributed by atoms with Gasteiger partial charge in [-0.2, -0.15) is 0 Å². The van der Waals surface area contributed by atoms with Crippen molar-refractivity contribution in [2.75, 3.05) is 18.5 Å². The van der Waals surface area contributed by atoms with E-state index in [2.05, 4.69) is 21.2 Å². The van der Waals surface area contributed by atoms with Crippen LogP contribution in [0.25, 0.3) is 10.9 Å². The molecule has 2 atom stereocenters. The molecule has 0 unspecified atom stereocenters. The molecular weight excluding hydrogens is 617 g/mol. The molecule has 14 nitrogen and oxygen atoms in total. The summed E-state index contributed by atoms with van der Waals surface area (Å²) >= 11 is 0. The fourth-order valence-corrected chi connectivity index (χ4v) is 4.92. The normalized spacial score (nSPS) is 12.1. The lowest BCUT2D eigenvalue weighted by Crippen LogP contribution is -2.45. The van der Waals surface area contributed by atoms with E-state index < -0.39 is 72.4 Å². The molecule has 0 fully saturated rings. The highest BCUT2D eigenvalue weighted by atomic mass is 19.1. The summed E-state index contributed by atoms with van der Waals surface area (Å²) in [5.74, 6) is -4.05. The number of carboxylic acid groups (broad SMARTS) is 3. The van der Waals surface area contributed by atoms with Gasteiger partial charge in [0.15, 0.2) is 0 Å². The fraction of sp³-hybridized carbons (Fsp3) is 0.344. The van der Waals surface area contributed by atoms with Crippen molar-refractivity contribution in [1.82, 2.24) is 20.2 Å². The maximum absolute atomic E-state index is 15.3. The predicted octanol–water partition coefficient (Wildman–Crippen LogP) is 2.06. The number of nitrogens with zero attached hydrogens (tertiary/aromatic N) is 3. The van der Waals surface area contributed by atoms with Crippen LogP contribution in [-0.4, -0.2) is 85.6 Å². The van der Waals surface area contributed by atoms with Crippen molar-refractivity contribution < 1.29 is 43.7 Å². The highest BCUT2D eigenvalue weighted by molar-refractivity contribution is 5.97. The SMILES string of the molecule is C#CCN(Cc1cc2c(=O)[nH]c(C)nc2cc1C)c1ccc(C(=O)N[C@@H](CCC(=O)N(C)[C@@H](CCC(=O)O)C(=O)O)C(=O)O)c(F)c1. The summed E-state index contributed by atoms with van der Waals surface area (Å²) in [6.45, 7) is 3.75. The van der Waals surface area contributed by atoms with E-state index in [-0.39, 0.29) is 25.1 Å². The highest BCUT2D eigenvalue weighted by Crippen LogP contribution is 2.24. The molecule has 0 saturated heterocycles. The van der Waals surface area contributed by atoms with Gasteiger partial charge in [-0.15, -0.1) is 6.42 Å². The highest BCUT2D eigenvalue weighted by Gasteiger charge is 2.29. The lowest BCUT2D eigenvalue weighted by molar-refractivity contribution is -0.150. The Kier molecular flexibility index (Phi) is 11.8. The first kappa shape index (κ1) is 35.7. The average molecular weight is 652 g/mol. The Morgan fingerprint density at radius 3 is 2.34 bits per heavy atom. The number of halogens is 1. The molecule has 3 aromatic rings. The van der Waals surface area contributed by atoms with Crippen molar-refractivity contribution in [3.8, 4) is 12.3 Å². The van der Waals surface area contributed by atoms with Crippen molar-refractivity contribution >= 4 is 46.3 Å². The predicted molar refractivity (Wildman–Crippen MR) is 167 cm³/mol. The number of aromatic nitrogens is 2. The number of anilines is 1. The van der Waals surface area contributed by atoms with Crippen LogP contribution < -0.4 is 15.8 Å². The van der Waals surface area contributed by atoms with Crippen LogP contribution in [0.1, 0.15) is 53.0 Å². The van der Waals surface area contributed by atoms with Gasteiger partial charge in [-0.25, -0.2) is 19.0 Å². The number of aliphatic carboxylic acids is 3. The van der Waals surface area contributed by atoms with E-state index in [1.54, 1.807) is 24.0 Å². The zero-order chi connectivity index (χ0) is 35.0. The van der Waals surface area contributed by atoms with E-state index in [1.165, 1.54) is 6.07 Å². The molecule has 0 aliphatic carbocycles. The number of amides is 2. The van der Waals surface area contributed by atoms with Gasteiger partial charge >= 0.3 is 17.9 Å². The minimum atomic E-state index is -1.63. The molecule has 3 rings (SSSR count). The van der Waals surface area contributed by atoms with E-state index in [1.807, 2.05) is 6.92 Å². The Bertz CT molecular complexity index is 1820. The maximum Gasteiger partial charge on any atom is 0.326 e. The van der Waals surface area contributed by atoms with Gasteiger partial charge in [0, 0.05) is 32.1 Å². The van der Waals surface area contributed by atoms with E-state index in [9.17, 15) is 39.0 Å². The van der Waals surface area contributed by atoms with Crippen molar-refractivity contribution in [3.63, 3.8) is 0 Å². The standard InChI is InChI=1S/C32H34FN5O9/c1-5-12-38(16-19-14-22-25(13-17(19)2)34-18(3)35-30(22)43)20-6-7-21(23(33)15-20)29(42)36-24(31(44)45)8-10-27(39)37(4)26(32(46)47)9-11-28(40)41/h1,6-7,13-15,24,26H,8-12,16H2,2-4H3,(H,36,42)(H,40,41)(H,44,45)(H,46,47)(H,34,35,43)/t24-,26-/m0/s1. The third-order valence-corrected chi connectivity index (χ3v) is 7.52. The van der Waals surface area contributed by atoms with Gasteiger partial charge in [-0.3, -0.25) is 19.2 Å². The molecule has 1 heterocycles. The van der Waals surface area contributed by atoms with E-state index in [0.717, 1.165) is 35.2 Å². The number of likely N-dealkylation sites (N-methyl/N-ethyl adjacent to an activating group) is 1. The van der Waals surface area contributed by atoms with E-state index in [0.29, 0.717) is 22.4 Å². The third kappa shape index (κ3) is 9.13. The number of carbonyl (C=O) groups excluding carboxylic acids is 2. The van der Waals surface area contributed by atoms with E-state index >= 15 is 4.39 Å². The number of carbonyl (C=O) groups is 5. The Hall–Kier alpha value is -5.78. The molecular formula is C32H34FN5O9. The van der Waals surface area contributed by atoms with E-state index in [4.69, 9.17) is 11.5 Å².